The van der Waals surface area contributed by atoms with Crippen LogP contribution in [0.15, 0.2) is 47.4 Å². The second-order valence-electron chi connectivity index (χ2n) is 5.87. The molecule has 0 fully saturated rings. The second-order valence-corrected chi connectivity index (χ2v) is 7.29. The lowest BCUT2D eigenvalue weighted by atomic mass is 10.1. The van der Waals surface area contributed by atoms with Gasteiger partial charge in [-0.25, -0.2) is 0 Å². The van der Waals surface area contributed by atoms with E-state index in [1.165, 1.54) is 49.4 Å². The molecule has 0 bridgehead atoms. The van der Waals surface area contributed by atoms with Gasteiger partial charge in [-0.05, 0) is 32.0 Å². The maximum atomic E-state index is 12.1. The first-order chi connectivity index (χ1) is 13.7. The summed E-state index contributed by atoms with van der Waals surface area (Å²) in [5.74, 6) is -1.27. The number of rotatable bonds is 8. The number of ether oxygens (including phenoxy) is 1. The van der Waals surface area contributed by atoms with Crippen LogP contribution in [0.4, 0.5) is 17.1 Å². The summed E-state index contributed by atoms with van der Waals surface area (Å²) >= 11 is 1.13. The van der Waals surface area contributed by atoms with Crippen LogP contribution in [0.25, 0.3) is 0 Å². The lowest BCUT2D eigenvalue weighted by molar-refractivity contribution is -0.385. The van der Waals surface area contributed by atoms with Crippen LogP contribution in [0.3, 0.4) is 0 Å². The van der Waals surface area contributed by atoms with Crippen LogP contribution in [0.2, 0.25) is 0 Å². The van der Waals surface area contributed by atoms with Crippen molar-refractivity contribution < 1.29 is 24.2 Å². The van der Waals surface area contributed by atoms with Crippen molar-refractivity contribution in [2.24, 2.45) is 0 Å². The molecule has 0 aliphatic carbocycles. The Hall–Kier alpha value is -3.47. The molecule has 0 spiro atoms. The molecule has 0 aliphatic rings. The topological polar surface area (TPSA) is 142 Å². The number of carbonyl (C=O) groups is 2. The molecule has 0 saturated heterocycles. The maximum Gasteiger partial charge on any atom is 0.319 e. The number of nitrogens with zero attached hydrogens (tertiary/aromatic N) is 2. The minimum absolute atomic E-state index is 0.0577. The number of anilines is 1. The molecule has 2 rings (SSSR count). The van der Waals surface area contributed by atoms with Crippen molar-refractivity contribution in [3.8, 4) is 0 Å². The zero-order chi connectivity index (χ0) is 21.6. The first-order valence-electron chi connectivity index (χ1n) is 8.30. The molecule has 0 aromatic heterocycles. The van der Waals surface area contributed by atoms with Gasteiger partial charge >= 0.3 is 5.97 Å². The molecular weight excluding hydrogens is 402 g/mol. The highest BCUT2D eigenvalue weighted by atomic mass is 32.2. The number of nitro benzene ring substituents is 2. The molecule has 0 saturated carbocycles. The Bertz CT molecular complexity index is 947. The molecule has 0 aliphatic heterocycles. The van der Waals surface area contributed by atoms with E-state index >= 15 is 0 Å². The molecule has 2 aromatic carbocycles. The highest BCUT2D eigenvalue weighted by Gasteiger charge is 2.19. The lowest BCUT2D eigenvalue weighted by Crippen LogP contribution is -2.25. The zero-order valence-corrected chi connectivity index (χ0v) is 16.3. The molecule has 152 valence electrons. The van der Waals surface area contributed by atoms with Crippen molar-refractivity contribution in [2.75, 3.05) is 11.9 Å². The molecule has 1 atom stereocenters. The molecule has 0 heterocycles. The number of hydrogen-bond donors (Lipinski definition) is 1. The fourth-order valence-electron chi connectivity index (χ4n) is 2.30. The van der Waals surface area contributed by atoms with E-state index in [0.717, 1.165) is 11.8 Å². The van der Waals surface area contributed by atoms with Gasteiger partial charge < -0.3 is 10.1 Å². The fourth-order valence-corrected chi connectivity index (χ4v) is 3.16. The van der Waals surface area contributed by atoms with Gasteiger partial charge in [0.25, 0.3) is 17.3 Å². The third-order valence-electron chi connectivity index (χ3n) is 3.81. The van der Waals surface area contributed by atoms with Crippen LogP contribution >= 0.6 is 11.8 Å². The maximum absolute atomic E-state index is 12.1. The molecular formula is C18H17N3O7S. The summed E-state index contributed by atoms with van der Waals surface area (Å²) in [6.45, 7) is 2.53. The lowest BCUT2D eigenvalue weighted by Gasteiger charge is -2.12. The van der Waals surface area contributed by atoms with Gasteiger partial charge in [0.15, 0.2) is 6.61 Å². The minimum Gasteiger partial charge on any atom is -0.455 e. The smallest absolute Gasteiger partial charge is 0.319 e. The number of nitro groups is 2. The van der Waals surface area contributed by atoms with Crippen molar-refractivity contribution in [2.45, 2.75) is 24.0 Å². The van der Waals surface area contributed by atoms with E-state index in [1.807, 2.05) is 0 Å². The SMILES string of the molecule is Cc1c(NC(=O)COC(=O)C(C)Sc2ccc([N+](=O)[O-])cc2)cccc1[N+](=O)[O-]. The Balaban J connectivity index is 1.88. The molecule has 1 unspecified atom stereocenters. The first-order valence-corrected chi connectivity index (χ1v) is 9.18. The number of benzene rings is 2. The fraction of sp³-hybridized carbons (Fsp3) is 0.222. The van der Waals surface area contributed by atoms with Crippen LogP contribution < -0.4 is 5.32 Å². The first kappa shape index (κ1) is 21.8. The van der Waals surface area contributed by atoms with Gasteiger partial charge in [-0.15, -0.1) is 11.8 Å². The normalized spacial score (nSPS) is 11.4. The Labute approximate surface area is 169 Å². The van der Waals surface area contributed by atoms with E-state index in [2.05, 4.69) is 5.32 Å². The third kappa shape index (κ3) is 6.01. The monoisotopic (exact) mass is 419 g/mol. The van der Waals surface area contributed by atoms with E-state index in [-0.39, 0.29) is 17.1 Å². The van der Waals surface area contributed by atoms with Crippen molar-refractivity contribution in [3.05, 3.63) is 68.3 Å². The zero-order valence-electron chi connectivity index (χ0n) is 15.5. The number of nitrogens with one attached hydrogen (secondary N) is 1. The van der Waals surface area contributed by atoms with Gasteiger partial charge in [0.2, 0.25) is 0 Å². The second kappa shape index (κ2) is 9.64. The third-order valence-corrected chi connectivity index (χ3v) is 4.90. The largest absolute Gasteiger partial charge is 0.455 e. The van der Waals surface area contributed by atoms with Crippen molar-refractivity contribution >= 4 is 40.7 Å². The predicted molar refractivity (Wildman–Crippen MR) is 106 cm³/mol. The van der Waals surface area contributed by atoms with E-state index < -0.39 is 33.6 Å². The molecule has 2 aromatic rings. The van der Waals surface area contributed by atoms with Crippen molar-refractivity contribution in [3.63, 3.8) is 0 Å². The minimum atomic E-state index is -0.649. The predicted octanol–water partition coefficient (Wildman–Crippen LogP) is 3.47. The number of non-ortho nitro benzene ring substituents is 1. The van der Waals surface area contributed by atoms with Crippen LogP contribution in [0.5, 0.6) is 0 Å². The van der Waals surface area contributed by atoms with Gasteiger partial charge in [0.05, 0.1) is 21.1 Å². The summed E-state index contributed by atoms with van der Waals surface area (Å²) in [7, 11) is 0. The van der Waals surface area contributed by atoms with Crippen molar-refractivity contribution in [1.82, 2.24) is 0 Å². The van der Waals surface area contributed by atoms with E-state index in [9.17, 15) is 29.8 Å². The Morgan fingerprint density at radius 1 is 1.10 bits per heavy atom. The summed E-state index contributed by atoms with van der Waals surface area (Å²) < 4.78 is 4.98. The molecule has 29 heavy (non-hydrogen) atoms. The van der Waals surface area contributed by atoms with Gasteiger partial charge in [-0.2, -0.15) is 0 Å². The van der Waals surface area contributed by atoms with Gasteiger partial charge in [-0.1, -0.05) is 6.07 Å². The number of hydrogen-bond acceptors (Lipinski definition) is 8. The van der Waals surface area contributed by atoms with E-state index in [4.69, 9.17) is 4.74 Å². The highest BCUT2D eigenvalue weighted by molar-refractivity contribution is 8.00. The van der Waals surface area contributed by atoms with Gasteiger partial charge in [0, 0.05) is 23.1 Å². The molecule has 1 N–H and O–H groups in total. The Morgan fingerprint density at radius 2 is 1.76 bits per heavy atom. The van der Waals surface area contributed by atoms with Crippen LogP contribution in [0.1, 0.15) is 12.5 Å². The van der Waals surface area contributed by atoms with E-state index in [1.54, 1.807) is 6.92 Å². The molecule has 10 nitrogen and oxygen atoms in total. The Morgan fingerprint density at radius 3 is 2.34 bits per heavy atom. The molecule has 1 amide bonds. The van der Waals surface area contributed by atoms with Crippen molar-refractivity contribution in [1.29, 1.82) is 0 Å². The van der Waals surface area contributed by atoms with Gasteiger partial charge in [-0.3, -0.25) is 29.8 Å². The molecule has 11 heteroatoms. The van der Waals surface area contributed by atoms with Gasteiger partial charge in [0.1, 0.15) is 5.25 Å². The average Bonchev–Trinajstić information content (AvgIpc) is 2.67. The quantitative estimate of drug-likeness (QED) is 0.297. The summed E-state index contributed by atoms with van der Waals surface area (Å²) in [6.07, 6.45) is 0. The van der Waals surface area contributed by atoms with E-state index in [0.29, 0.717) is 10.5 Å². The number of thioether (sulfide) groups is 1. The summed E-state index contributed by atoms with van der Waals surface area (Å²) in [5, 5.41) is 23.4. The highest BCUT2D eigenvalue weighted by Crippen LogP contribution is 2.26. The summed E-state index contributed by atoms with van der Waals surface area (Å²) in [4.78, 5) is 45.2. The van der Waals surface area contributed by atoms with Crippen LogP contribution in [0, 0.1) is 27.2 Å². The number of amides is 1. The molecule has 0 radical (unpaired) electrons. The Kier molecular flexibility index (Phi) is 7.26. The van der Waals surface area contributed by atoms with Crippen LogP contribution in [-0.4, -0.2) is 33.6 Å². The van der Waals surface area contributed by atoms with Crippen LogP contribution in [-0.2, 0) is 14.3 Å². The summed E-state index contributed by atoms with van der Waals surface area (Å²) in [6, 6.07) is 9.96. The average molecular weight is 419 g/mol. The summed E-state index contributed by atoms with van der Waals surface area (Å²) in [5.41, 5.74) is 0.360. The standard InChI is InChI=1S/C18H17N3O7S/c1-11-15(4-3-5-16(11)21(26)27)19-17(22)10-28-18(23)12(2)29-14-8-6-13(7-9-14)20(24)25/h3-9,12H,10H2,1-2H3,(H,19,22). The number of carbonyl (C=O) groups excluding carboxylic acids is 2. The number of esters is 1.